The molecule has 0 saturated heterocycles. The summed E-state index contributed by atoms with van der Waals surface area (Å²) in [5.74, 6) is -0.556. The van der Waals surface area contributed by atoms with Gasteiger partial charge >= 0.3 is 0 Å². The lowest BCUT2D eigenvalue weighted by Crippen LogP contribution is -2.20. The van der Waals surface area contributed by atoms with Gasteiger partial charge in [-0.15, -0.1) is 0 Å². The van der Waals surface area contributed by atoms with Crippen LogP contribution in [0.5, 0.6) is 5.75 Å². The molecule has 0 unspecified atom stereocenters. The van der Waals surface area contributed by atoms with E-state index in [-0.39, 0.29) is 23.3 Å². The number of benzene rings is 2. The third-order valence-electron chi connectivity index (χ3n) is 2.78. The van der Waals surface area contributed by atoms with Gasteiger partial charge in [0.15, 0.2) is 6.61 Å². The summed E-state index contributed by atoms with van der Waals surface area (Å²) in [6.07, 6.45) is 0. The minimum atomic E-state index is -0.464. The van der Waals surface area contributed by atoms with E-state index >= 15 is 0 Å². The Morgan fingerprint density at radius 1 is 1.33 bits per heavy atom. The lowest BCUT2D eigenvalue weighted by atomic mass is 10.2. The van der Waals surface area contributed by atoms with Crippen LogP contribution in [0, 0.1) is 12.7 Å². The fraction of sp³-hybridized carbons (Fsp3) is 0.133. The maximum Gasteiger partial charge on any atom is 0.262 e. The van der Waals surface area contributed by atoms with Crippen molar-refractivity contribution in [3.8, 4) is 5.75 Å². The van der Waals surface area contributed by atoms with Gasteiger partial charge in [-0.05, 0) is 48.9 Å². The van der Waals surface area contributed by atoms with Crippen molar-refractivity contribution in [1.29, 1.82) is 0 Å². The molecule has 21 heavy (non-hydrogen) atoms. The smallest absolute Gasteiger partial charge is 0.262 e. The number of ether oxygens (including phenoxy) is 1. The number of hydrogen-bond donors (Lipinski definition) is 2. The van der Waals surface area contributed by atoms with Gasteiger partial charge in [-0.3, -0.25) is 4.79 Å². The summed E-state index contributed by atoms with van der Waals surface area (Å²) < 4.78 is 18.1. The molecule has 0 aromatic heterocycles. The highest BCUT2D eigenvalue weighted by molar-refractivity contribution is 6.32. The van der Waals surface area contributed by atoms with Gasteiger partial charge in [0.25, 0.3) is 5.91 Å². The SMILES string of the molecule is Cc1cc(N)ccc1NC(=O)COc1ccc(F)cc1Cl. The van der Waals surface area contributed by atoms with Crippen LogP contribution < -0.4 is 15.8 Å². The molecule has 1 amide bonds. The van der Waals surface area contributed by atoms with Crippen molar-refractivity contribution in [2.45, 2.75) is 6.92 Å². The number of rotatable bonds is 4. The summed E-state index contributed by atoms with van der Waals surface area (Å²) in [6, 6.07) is 8.88. The third-order valence-corrected chi connectivity index (χ3v) is 3.07. The molecule has 6 heteroatoms. The van der Waals surface area contributed by atoms with E-state index in [0.717, 1.165) is 11.6 Å². The molecule has 0 bridgehead atoms. The molecule has 0 heterocycles. The lowest BCUT2D eigenvalue weighted by molar-refractivity contribution is -0.118. The first-order valence-electron chi connectivity index (χ1n) is 6.19. The Kier molecular flexibility index (Phi) is 4.65. The molecule has 0 atom stereocenters. The molecular formula is C15H14ClFN2O2. The second-order valence-electron chi connectivity index (χ2n) is 4.49. The molecule has 2 rings (SSSR count). The van der Waals surface area contributed by atoms with E-state index in [4.69, 9.17) is 22.1 Å². The van der Waals surface area contributed by atoms with Crippen LogP contribution in [-0.4, -0.2) is 12.5 Å². The Labute approximate surface area is 126 Å². The highest BCUT2D eigenvalue weighted by atomic mass is 35.5. The van der Waals surface area contributed by atoms with Gasteiger partial charge in [-0.2, -0.15) is 0 Å². The maximum absolute atomic E-state index is 12.9. The van der Waals surface area contributed by atoms with Crippen molar-refractivity contribution in [3.05, 3.63) is 52.8 Å². The zero-order valence-corrected chi connectivity index (χ0v) is 12.1. The van der Waals surface area contributed by atoms with E-state index in [1.165, 1.54) is 12.1 Å². The fourth-order valence-corrected chi connectivity index (χ4v) is 1.97. The molecule has 110 valence electrons. The Balaban J connectivity index is 1.96. The summed E-state index contributed by atoms with van der Waals surface area (Å²) in [6.45, 7) is 1.61. The number of aryl methyl sites for hydroxylation is 1. The number of carbonyl (C=O) groups excluding carboxylic acids is 1. The van der Waals surface area contributed by atoms with E-state index in [0.29, 0.717) is 11.4 Å². The third kappa shape index (κ3) is 4.10. The average molecular weight is 309 g/mol. The molecule has 0 aliphatic carbocycles. The molecule has 0 radical (unpaired) electrons. The monoisotopic (exact) mass is 308 g/mol. The number of carbonyl (C=O) groups is 1. The number of nitrogens with one attached hydrogen (secondary N) is 1. The van der Waals surface area contributed by atoms with E-state index in [1.807, 2.05) is 6.92 Å². The molecule has 0 fully saturated rings. The maximum atomic E-state index is 12.9. The van der Waals surface area contributed by atoms with E-state index < -0.39 is 5.82 Å². The molecule has 4 nitrogen and oxygen atoms in total. The topological polar surface area (TPSA) is 64.3 Å². The highest BCUT2D eigenvalue weighted by Crippen LogP contribution is 2.25. The minimum Gasteiger partial charge on any atom is -0.482 e. The Morgan fingerprint density at radius 2 is 2.10 bits per heavy atom. The van der Waals surface area contributed by atoms with Crippen LogP contribution in [-0.2, 0) is 4.79 Å². The van der Waals surface area contributed by atoms with E-state index in [9.17, 15) is 9.18 Å². The van der Waals surface area contributed by atoms with Crippen LogP contribution in [0.25, 0.3) is 0 Å². The summed E-state index contributed by atoms with van der Waals surface area (Å²) in [7, 11) is 0. The zero-order chi connectivity index (χ0) is 15.4. The summed E-state index contributed by atoms with van der Waals surface area (Å²) >= 11 is 5.81. The highest BCUT2D eigenvalue weighted by Gasteiger charge is 2.08. The van der Waals surface area contributed by atoms with Gasteiger partial charge in [0.1, 0.15) is 11.6 Å². The predicted molar refractivity (Wildman–Crippen MR) is 81.1 cm³/mol. The second kappa shape index (κ2) is 6.45. The first-order valence-corrected chi connectivity index (χ1v) is 6.57. The predicted octanol–water partition coefficient (Wildman–Crippen LogP) is 3.39. The van der Waals surface area contributed by atoms with Crippen molar-refractivity contribution >= 4 is 28.9 Å². The molecule has 0 aliphatic heterocycles. The normalized spacial score (nSPS) is 10.2. The minimum absolute atomic E-state index is 0.117. The average Bonchev–Trinajstić information content (AvgIpc) is 2.41. The Morgan fingerprint density at radius 3 is 2.76 bits per heavy atom. The van der Waals surface area contributed by atoms with Crippen LogP contribution >= 0.6 is 11.6 Å². The number of nitrogens with two attached hydrogens (primary N) is 1. The van der Waals surface area contributed by atoms with Crippen LogP contribution in [0.1, 0.15) is 5.56 Å². The van der Waals surface area contributed by atoms with Crippen molar-refractivity contribution in [1.82, 2.24) is 0 Å². The summed E-state index contributed by atoms with van der Waals surface area (Å²) in [5.41, 5.74) is 7.77. The van der Waals surface area contributed by atoms with Gasteiger partial charge in [0.05, 0.1) is 5.02 Å². The molecule has 0 saturated carbocycles. The first kappa shape index (κ1) is 15.1. The molecule has 3 N–H and O–H groups in total. The van der Waals surface area contributed by atoms with Crippen LogP contribution in [0.3, 0.4) is 0 Å². The molecular weight excluding hydrogens is 295 g/mol. The van der Waals surface area contributed by atoms with Gasteiger partial charge in [0.2, 0.25) is 0 Å². The van der Waals surface area contributed by atoms with Crippen molar-refractivity contribution in [3.63, 3.8) is 0 Å². The largest absolute Gasteiger partial charge is 0.482 e. The van der Waals surface area contributed by atoms with Gasteiger partial charge < -0.3 is 15.8 Å². The fourth-order valence-electron chi connectivity index (χ4n) is 1.75. The van der Waals surface area contributed by atoms with Crippen LogP contribution in [0.15, 0.2) is 36.4 Å². The zero-order valence-electron chi connectivity index (χ0n) is 11.3. The van der Waals surface area contributed by atoms with Crippen molar-refractivity contribution < 1.29 is 13.9 Å². The second-order valence-corrected chi connectivity index (χ2v) is 4.89. The Bertz CT molecular complexity index is 677. The lowest BCUT2D eigenvalue weighted by Gasteiger charge is -2.11. The first-order chi connectivity index (χ1) is 9.95. The van der Waals surface area contributed by atoms with Crippen LogP contribution in [0.2, 0.25) is 5.02 Å². The number of nitrogen functional groups attached to an aromatic ring is 1. The van der Waals surface area contributed by atoms with Gasteiger partial charge in [0, 0.05) is 11.4 Å². The number of amides is 1. The standard InChI is InChI=1S/C15H14ClFN2O2/c1-9-6-11(18)3-4-13(9)19-15(20)8-21-14-5-2-10(17)7-12(14)16/h2-7H,8,18H2,1H3,(H,19,20). The van der Waals surface area contributed by atoms with Crippen LogP contribution in [0.4, 0.5) is 15.8 Å². The molecule has 0 aliphatic rings. The molecule has 2 aromatic carbocycles. The van der Waals surface area contributed by atoms with Crippen molar-refractivity contribution in [2.75, 3.05) is 17.7 Å². The molecule has 0 spiro atoms. The Hall–Kier alpha value is -2.27. The van der Waals surface area contributed by atoms with E-state index in [1.54, 1.807) is 18.2 Å². The van der Waals surface area contributed by atoms with Gasteiger partial charge in [-0.1, -0.05) is 11.6 Å². The number of hydrogen-bond acceptors (Lipinski definition) is 3. The number of halogens is 2. The van der Waals surface area contributed by atoms with Gasteiger partial charge in [-0.25, -0.2) is 4.39 Å². The molecule has 2 aromatic rings. The van der Waals surface area contributed by atoms with E-state index in [2.05, 4.69) is 5.32 Å². The summed E-state index contributed by atoms with van der Waals surface area (Å²) in [4.78, 5) is 11.8. The number of anilines is 2. The summed E-state index contributed by atoms with van der Waals surface area (Å²) in [5, 5.41) is 2.82. The quantitative estimate of drug-likeness (QED) is 0.851. The van der Waals surface area contributed by atoms with Crippen molar-refractivity contribution in [2.24, 2.45) is 0 Å².